The quantitative estimate of drug-likeness (QED) is 0.718. The van der Waals surface area contributed by atoms with E-state index in [-0.39, 0.29) is 0 Å². The van der Waals surface area contributed by atoms with E-state index >= 15 is 0 Å². The van der Waals surface area contributed by atoms with E-state index in [1.165, 1.54) is 37.8 Å². The number of hydrogen-bond donors (Lipinski definition) is 0. The van der Waals surface area contributed by atoms with Crippen LogP contribution in [-0.4, -0.2) is 29.6 Å². The molecule has 3 atom stereocenters. The molecule has 23 heavy (non-hydrogen) atoms. The molecule has 2 aliphatic rings. The molecule has 2 fully saturated rings. The Bertz CT molecular complexity index is 506. The van der Waals surface area contributed by atoms with E-state index in [1.807, 2.05) is 0 Å². The topological polar surface area (TPSA) is 12.5 Å². The monoisotopic (exact) mass is 315 g/mol. The minimum atomic E-state index is 0.372. The molecule has 1 aromatic carbocycles. The van der Waals surface area contributed by atoms with Gasteiger partial charge >= 0.3 is 0 Å². The van der Waals surface area contributed by atoms with Crippen molar-refractivity contribution in [3.05, 3.63) is 35.9 Å². The van der Waals surface area contributed by atoms with Gasteiger partial charge in [0.25, 0.3) is 0 Å². The summed E-state index contributed by atoms with van der Waals surface area (Å²) >= 11 is 0. The minimum absolute atomic E-state index is 0.372. The van der Waals surface area contributed by atoms with Crippen molar-refractivity contribution < 1.29 is 4.74 Å². The summed E-state index contributed by atoms with van der Waals surface area (Å²) in [7, 11) is 0. The van der Waals surface area contributed by atoms with Crippen LogP contribution in [-0.2, 0) is 11.3 Å². The normalized spacial score (nSPS) is 31.5. The minimum Gasteiger partial charge on any atom is -0.377 e. The van der Waals surface area contributed by atoms with Gasteiger partial charge in [0.2, 0.25) is 0 Å². The van der Waals surface area contributed by atoms with Gasteiger partial charge in [-0.2, -0.15) is 0 Å². The van der Waals surface area contributed by atoms with E-state index in [4.69, 9.17) is 4.74 Å². The fourth-order valence-corrected chi connectivity index (χ4v) is 5.10. The molecule has 0 amide bonds. The Kier molecular flexibility index (Phi) is 4.85. The Labute approximate surface area is 142 Å². The number of rotatable bonds is 5. The number of nitrogens with zero attached hydrogens (tertiary/aromatic N) is 1. The SMILES string of the molecule is C[C@H]1C[C@@]2(C(C)(C)C)CCCN2[C@H]1CCOCc1ccccc1. The molecular weight excluding hydrogens is 282 g/mol. The third-order valence-corrected chi connectivity index (χ3v) is 6.32. The summed E-state index contributed by atoms with van der Waals surface area (Å²) in [5.41, 5.74) is 2.07. The van der Waals surface area contributed by atoms with Gasteiger partial charge in [-0.05, 0) is 49.1 Å². The first-order valence-corrected chi connectivity index (χ1v) is 9.32. The molecule has 0 N–H and O–H groups in total. The zero-order valence-corrected chi connectivity index (χ0v) is 15.3. The Morgan fingerprint density at radius 1 is 1.22 bits per heavy atom. The molecule has 0 unspecified atom stereocenters. The van der Waals surface area contributed by atoms with Crippen LogP contribution in [0.2, 0.25) is 0 Å². The Morgan fingerprint density at radius 3 is 2.65 bits per heavy atom. The highest BCUT2D eigenvalue weighted by Crippen LogP contribution is 2.54. The van der Waals surface area contributed by atoms with Crippen LogP contribution < -0.4 is 0 Å². The summed E-state index contributed by atoms with van der Waals surface area (Å²) in [4.78, 5) is 2.85. The van der Waals surface area contributed by atoms with Crippen molar-refractivity contribution in [2.24, 2.45) is 11.3 Å². The number of fused-ring (bicyclic) bond motifs is 1. The predicted molar refractivity (Wildman–Crippen MR) is 96.4 cm³/mol. The van der Waals surface area contributed by atoms with Crippen LogP contribution in [0.3, 0.4) is 0 Å². The first kappa shape index (κ1) is 17.0. The molecule has 0 aliphatic carbocycles. The van der Waals surface area contributed by atoms with Crippen molar-refractivity contribution in [3.8, 4) is 0 Å². The molecule has 0 saturated carbocycles. The molecule has 0 spiro atoms. The lowest BCUT2D eigenvalue weighted by molar-refractivity contribution is 0.0278. The summed E-state index contributed by atoms with van der Waals surface area (Å²) in [6.45, 7) is 12.7. The predicted octanol–water partition coefficient (Wildman–Crippen LogP) is 4.88. The molecule has 2 aliphatic heterocycles. The molecule has 3 rings (SSSR count). The van der Waals surface area contributed by atoms with E-state index in [0.717, 1.165) is 19.1 Å². The lowest BCUT2D eigenvalue weighted by Gasteiger charge is -2.45. The average molecular weight is 316 g/mol. The van der Waals surface area contributed by atoms with E-state index in [9.17, 15) is 0 Å². The second-order valence-corrected chi connectivity index (χ2v) is 8.65. The van der Waals surface area contributed by atoms with E-state index in [1.54, 1.807) is 0 Å². The van der Waals surface area contributed by atoms with Crippen molar-refractivity contribution in [1.82, 2.24) is 4.90 Å². The van der Waals surface area contributed by atoms with Crippen molar-refractivity contribution >= 4 is 0 Å². The standard InChI is InChI=1S/C21H33NO/c1-17-15-21(20(2,3)4)12-8-13-22(21)19(17)11-14-23-16-18-9-6-5-7-10-18/h5-7,9-10,17,19H,8,11-16H2,1-4H3/t17-,19-,21+/m0/s1. The van der Waals surface area contributed by atoms with Crippen molar-refractivity contribution in [3.63, 3.8) is 0 Å². The molecule has 0 aromatic heterocycles. The maximum Gasteiger partial charge on any atom is 0.0716 e. The molecular formula is C21H33NO. The van der Waals surface area contributed by atoms with E-state index in [2.05, 4.69) is 62.9 Å². The van der Waals surface area contributed by atoms with Gasteiger partial charge in [-0.3, -0.25) is 4.90 Å². The second kappa shape index (κ2) is 6.57. The zero-order valence-electron chi connectivity index (χ0n) is 15.3. The molecule has 128 valence electrons. The second-order valence-electron chi connectivity index (χ2n) is 8.65. The van der Waals surface area contributed by atoms with Gasteiger partial charge in [0.05, 0.1) is 6.61 Å². The van der Waals surface area contributed by atoms with E-state index in [0.29, 0.717) is 17.0 Å². The highest BCUT2D eigenvalue weighted by atomic mass is 16.5. The third kappa shape index (κ3) is 3.21. The lowest BCUT2D eigenvalue weighted by Crippen LogP contribution is -2.51. The van der Waals surface area contributed by atoms with Gasteiger partial charge in [0, 0.05) is 18.2 Å². The van der Waals surface area contributed by atoms with Gasteiger partial charge in [-0.1, -0.05) is 58.0 Å². The maximum absolute atomic E-state index is 5.97. The summed E-state index contributed by atoms with van der Waals surface area (Å²) in [6, 6.07) is 11.2. The number of hydrogen-bond acceptors (Lipinski definition) is 2. The van der Waals surface area contributed by atoms with Gasteiger partial charge in [-0.15, -0.1) is 0 Å². The Balaban J connectivity index is 1.56. The van der Waals surface area contributed by atoms with Crippen LogP contribution in [0.4, 0.5) is 0 Å². The van der Waals surface area contributed by atoms with Crippen LogP contribution >= 0.6 is 0 Å². The smallest absolute Gasteiger partial charge is 0.0716 e. The van der Waals surface area contributed by atoms with Gasteiger partial charge in [0.15, 0.2) is 0 Å². The molecule has 2 heterocycles. The molecule has 1 aromatic rings. The largest absolute Gasteiger partial charge is 0.377 e. The van der Waals surface area contributed by atoms with Crippen LogP contribution in [0.1, 0.15) is 58.9 Å². The van der Waals surface area contributed by atoms with Crippen LogP contribution in [0.5, 0.6) is 0 Å². The average Bonchev–Trinajstić information content (AvgIpc) is 3.02. The highest BCUT2D eigenvalue weighted by Gasteiger charge is 2.57. The summed E-state index contributed by atoms with van der Waals surface area (Å²) < 4.78 is 5.97. The highest BCUT2D eigenvalue weighted by molar-refractivity contribution is 5.14. The van der Waals surface area contributed by atoms with Crippen LogP contribution in [0.15, 0.2) is 30.3 Å². The van der Waals surface area contributed by atoms with Crippen molar-refractivity contribution in [2.75, 3.05) is 13.2 Å². The molecule has 2 nitrogen and oxygen atoms in total. The van der Waals surface area contributed by atoms with Gasteiger partial charge in [0.1, 0.15) is 0 Å². The molecule has 2 saturated heterocycles. The van der Waals surface area contributed by atoms with Crippen molar-refractivity contribution in [2.45, 2.75) is 71.6 Å². The Morgan fingerprint density at radius 2 is 1.96 bits per heavy atom. The number of benzene rings is 1. The number of ether oxygens (including phenoxy) is 1. The maximum atomic E-state index is 5.97. The molecule has 2 heteroatoms. The zero-order chi connectivity index (χ0) is 16.5. The lowest BCUT2D eigenvalue weighted by atomic mass is 9.70. The van der Waals surface area contributed by atoms with Gasteiger partial charge in [-0.25, -0.2) is 0 Å². The summed E-state index contributed by atoms with van der Waals surface area (Å²) in [6.07, 6.45) is 5.28. The fraction of sp³-hybridized carbons (Fsp3) is 0.714. The first-order chi connectivity index (χ1) is 10.9. The fourth-order valence-electron chi connectivity index (χ4n) is 5.10. The van der Waals surface area contributed by atoms with Crippen LogP contribution in [0, 0.1) is 11.3 Å². The van der Waals surface area contributed by atoms with Gasteiger partial charge < -0.3 is 4.74 Å². The van der Waals surface area contributed by atoms with Crippen LogP contribution in [0.25, 0.3) is 0 Å². The summed E-state index contributed by atoms with van der Waals surface area (Å²) in [5, 5.41) is 0. The molecule has 0 radical (unpaired) electrons. The van der Waals surface area contributed by atoms with E-state index < -0.39 is 0 Å². The first-order valence-electron chi connectivity index (χ1n) is 9.32. The third-order valence-electron chi connectivity index (χ3n) is 6.32. The molecule has 0 bridgehead atoms. The Hall–Kier alpha value is -0.860. The van der Waals surface area contributed by atoms with Crippen molar-refractivity contribution in [1.29, 1.82) is 0 Å². The summed E-state index contributed by atoms with van der Waals surface area (Å²) in [5.74, 6) is 0.787.